The molecule has 2 aromatic rings. The van der Waals surface area contributed by atoms with E-state index in [1.807, 2.05) is 30.3 Å². The second-order valence-electron chi connectivity index (χ2n) is 5.31. The van der Waals surface area contributed by atoms with Crippen LogP contribution in [0.2, 0.25) is 0 Å². The number of rotatable bonds is 9. The molecule has 10 heteroatoms. The van der Waals surface area contributed by atoms with Gasteiger partial charge in [-0.15, -0.1) is 5.10 Å². The van der Waals surface area contributed by atoms with Gasteiger partial charge in [0, 0.05) is 24.5 Å². The van der Waals surface area contributed by atoms with Gasteiger partial charge in [0.05, 0.1) is 6.61 Å². The van der Waals surface area contributed by atoms with Crippen molar-refractivity contribution >= 4 is 34.5 Å². The first kappa shape index (κ1) is 20.3. The molecule has 0 saturated heterocycles. The summed E-state index contributed by atoms with van der Waals surface area (Å²) in [6.45, 7) is 2.35. The predicted octanol–water partition coefficient (Wildman–Crippen LogP) is 2.36. The van der Waals surface area contributed by atoms with Gasteiger partial charge in [-0.1, -0.05) is 34.8 Å². The monoisotopic (exact) mass is 392 g/mol. The quantitative estimate of drug-likeness (QED) is 0.496. The third kappa shape index (κ3) is 7.02. The number of hydrogen-bond acceptors (Lipinski definition) is 8. The van der Waals surface area contributed by atoms with E-state index in [0.717, 1.165) is 17.1 Å². The van der Waals surface area contributed by atoms with E-state index in [-0.39, 0.29) is 42.8 Å². The minimum absolute atomic E-state index is 0.0159. The van der Waals surface area contributed by atoms with Crippen molar-refractivity contribution in [2.75, 3.05) is 18.5 Å². The van der Waals surface area contributed by atoms with Crippen LogP contribution < -0.4 is 10.6 Å². The largest absolute Gasteiger partial charge is 0.461 e. The number of amides is 2. The van der Waals surface area contributed by atoms with Crippen molar-refractivity contribution in [1.29, 1.82) is 0 Å². The molecule has 27 heavy (non-hydrogen) atoms. The molecule has 0 bridgehead atoms. The lowest BCUT2D eigenvalue weighted by atomic mass is 10.2. The third-order valence-electron chi connectivity index (χ3n) is 3.27. The van der Waals surface area contributed by atoms with Crippen molar-refractivity contribution in [3.05, 3.63) is 41.6 Å². The van der Waals surface area contributed by atoms with Gasteiger partial charge >= 0.3 is 12.1 Å². The van der Waals surface area contributed by atoms with Crippen LogP contribution >= 0.6 is 11.5 Å². The molecular weight excluding hydrogens is 372 g/mol. The zero-order valence-electron chi connectivity index (χ0n) is 14.8. The zero-order chi connectivity index (χ0) is 19.5. The molecule has 0 radical (unpaired) electrons. The molecule has 0 fully saturated rings. The zero-order valence-corrected chi connectivity index (χ0v) is 15.6. The molecule has 2 rings (SSSR count). The summed E-state index contributed by atoms with van der Waals surface area (Å²) in [4.78, 5) is 35.2. The second-order valence-corrected chi connectivity index (χ2v) is 6.07. The number of benzene rings is 1. The Bertz CT molecular complexity index is 766. The van der Waals surface area contributed by atoms with Crippen LogP contribution in [0.1, 0.15) is 35.8 Å². The fourth-order valence-electron chi connectivity index (χ4n) is 2.01. The standard InChI is InChI=1S/C17H20N4O5S/c1-2-25-16(23)14-15(27-21-20-14)19-13(22)9-6-10-18-17(24)26-11-12-7-4-3-5-8-12/h3-5,7-8H,2,6,9-11H2,1H3,(H,18,24)(H,19,22). The van der Waals surface area contributed by atoms with Gasteiger partial charge in [0.2, 0.25) is 11.6 Å². The lowest BCUT2D eigenvalue weighted by molar-refractivity contribution is -0.116. The Hall–Kier alpha value is -3.01. The number of anilines is 1. The van der Waals surface area contributed by atoms with Crippen LogP contribution in [-0.4, -0.2) is 40.7 Å². The first-order chi connectivity index (χ1) is 13.1. The van der Waals surface area contributed by atoms with Gasteiger partial charge in [0.1, 0.15) is 6.61 Å². The van der Waals surface area contributed by atoms with Crippen LogP contribution in [0.5, 0.6) is 0 Å². The van der Waals surface area contributed by atoms with E-state index in [2.05, 4.69) is 20.2 Å². The van der Waals surface area contributed by atoms with Crippen LogP contribution in [0.25, 0.3) is 0 Å². The topological polar surface area (TPSA) is 120 Å². The molecule has 0 saturated carbocycles. The van der Waals surface area contributed by atoms with Gasteiger partial charge < -0.3 is 20.1 Å². The molecule has 0 aliphatic carbocycles. The Kier molecular flexibility index (Phi) is 8.17. The smallest absolute Gasteiger partial charge is 0.407 e. The van der Waals surface area contributed by atoms with Crippen LogP contribution in [0.3, 0.4) is 0 Å². The summed E-state index contributed by atoms with van der Waals surface area (Å²) in [5, 5.41) is 9.05. The first-order valence-electron chi connectivity index (χ1n) is 8.34. The molecule has 1 aromatic heterocycles. The van der Waals surface area contributed by atoms with Gasteiger partial charge in [0.15, 0.2) is 5.00 Å². The summed E-state index contributed by atoms with van der Waals surface area (Å²) in [5.41, 5.74) is 0.875. The predicted molar refractivity (Wildman–Crippen MR) is 98.4 cm³/mol. The number of ether oxygens (including phenoxy) is 2. The summed E-state index contributed by atoms with van der Waals surface area (Å²) in [6, 6.07) is 9.32. The normalized spacial score (nSPS) is 10.1. The number of hydrogen-bond donors (Lipinski definition) is 2. The molecule has 1 heterocycles. The number of esters is 1. The summed E-state index contributed by atoms with van der Waals surface area (Å²) in [7, 11) is 0. The van der Waals surface area contributed by atoms with E-state index in [9.17, 15) is 14.4 Å². The van der Waals surface area contributed by atoms with Crippen molar-refractivity contribution in [2.45, 2.75) is 26.4 Å². The van der Waals surface area contributed by atoms with Crippen LogP contribution in [-0.2, 0) is 20.9 Å². The molecule has 2 N–H and O–H groups in total. The minimum Gasteiger partial charge on any atom is -0.461 e. The maximum atomic E-state index is 11.9. The highest BCUT2D eigenvalue weighted by Gasteiger charge is 2.19. The van der Waals surface area contributed by atoms with Crippen molar-refractivity contribution in [2.24, 2.45) is 0 Å². The Morgan fingerprint density at radius 3 is 2.67 bits per heavy atom. The maximum absolute atomic E-state index is 11.9. The molecule has 9 nitrogen and oxygen atoms in total. The molecule has 144 valence electrons. The number of carbonyl (C=O) groups excluding carboxylic acids is 3. The highest BCUT2D eigenvalue weighted by molar-refractivity contribution is 7.10. The Morgan fingerprint density at radius 1 is 1.15 bits per heavy atom. The SMILES string of the molecule is CCOC(=O)c1nnsc1NC(=O)CCCNC(=O)OCc1ccccc1. The van der Waals surface area contributed by atoms with Crippen molar-refractivity contribution in [1.82, 2.24) is 14.9 Å². The van der Waals surface area contributed by atoms with Crippen LogP contribution in [0.15, 0.2) is 30.3 Å². The molecule has 0 atom stereocenters. The van der Waals surface area contributed by atoms with E-state index in [1.54, 1.807) is 6.92 Å². The van der Waals surface area contributed by atoms with E-state index in [1.165, 1.54) is 0 Å². The van der Waals surface area contributed by atoms with E-state index < -0.39 is 12.1 Å². The number of nitrogens with zero attached hydrogens (tertiary/aromatic N) is 2. The molecule has 2 amide bonds. The second kappa shape index (κ2) is 10.9. The molecule has 0 aliphatic rings. The highest BCUT2D eigenvalue weighted by Crippen LogP contribution is 2.18. The summed E-state index contributed by atoms with van der Waals surface area (Å²) >= 11 is 0.897. The van der Waals surface area contributed by atoms with Gasteiger partial charge in [-0.05, 0) is 18.9 Å². The fourth-order valence-corrected chi connectivity index (χ4v) is 2.58. The Morgan fingerprint density at radius 2 is 1.93 bits per heavy atom. The number of nitrogens with one attached hydrogen (secondary N) is 2. The van der Waals surface area contributed by atoms with Crippen molar-refractivity contribution in [3.8, 4) is 0 Å². The average Bonchev–Trinajstić information content (AvgIpc) is 3.13. The van der Waals surface area contributed by atoms with Gasteiger partial charge in [-0.3, -0.25) is 4.79 Å². The first-order valence-corrected chi connectivity index (χ1v) is 9.11. The molecule has 0 unspecified atom stereocenters. The molecule has 0 spiro atoms. The van der Waals surface area contributed by atoms with Gasteiger partial charge in [-0.2, -0.15) is 0 Å². The summed E-state index contributed by atoms with van der Waals surface area (Å²) in [5.74, 6) is -0.949. The fraction of sp³-hybridized carbons (Fsp3) is 0.353. The number of alkyl carbamates (subject to hydrolysis) is 1. The lowest BCUT2D eigenvalue weighted by Crippen LogP contribution is -2.26. The Balaban J connectivity index is 1.64. The maximum Gasteiger partial charge on any atom is 0.407 e. The minimum atomic E-state index is -0.635. The van der Waals surface area contributed by atoms with Crippen molar-refractivity contribution < 1.29 is 23.9 Å². The van der Waals surface area contributed by atoms with Crippen LogP contribution in [0, 0.1) is 0 Å². The number of aromatic nitrogens is 2. The third-order valence-corrected chi connectivity index (χ3v) is 3.91. The van der Waals surface area contributed by atoms with Gasteiger partial charge in [0.25, 0.3) is 0 Å². The van der Waals surface area contributed by atoms with Crippen LogP contribution in [0.4, 0.5) is 9.80 Å². The molecule has 1 aromatic carbocycles. The highest BCUT2D eigenvalue weighted by atomic mass is 32.1. The lowest BCUT2D eigenvalue weighted by Gasteiger charge is -2.07. The number of carbonyl (C=O) groups is 3. The summed E-state index contributed by atoms with van der Waals surface area (Å²) in [6.07, 6.45) is 0.0161. The van der Waals surface area contributed by atoms with E-state index in [0.29, 0.717) is 6.42 Å². The average molecular weight is 392 g/mol. The van der Waals surface area contributed by atoms with Crippen molar-refractivity contribution in [3.63, 3.8) is 0 Å². The Labute approximate surface area is 160 Å². The molecular formula is C17H20N4O5S. The summed E-state index contributed by atoms with van der Waals surface area (Å²) < 4.78 is 13.6. The molecule has 0 aliphatic heterocycles. The van der Waals surface area contributed by atoms with E-state index in [4.69, 9.17) is 9.47 Å². The van der Waals surface area contributed by atoms with Gasteiger partial charge in [-0.25, -0.2) is 9.59 Å². The van der Waals surface area contributed by atoms with E-state index >= 15 is 0 Å².